The summed E-state index contributed by atoms with van der Waals surface area (Å²) in [7, 11) is 0. The second-order valence-electron chi connectivity index (χ2n) is 4.89. The van der Waals surface area contributed by atoms with Crippen molar-refractivity contribution in [3.05, 3.63) is 29.8 Å². The summed E-state index contributed by atoms with van der Waals surface area (Å²) < 4.78 is 0. The Bertz CT molecular complexity index is 386. The highest BCUT2D eigenvalue weighted by Gasteiger charge is 2.33. The summed E-state index contributed by atoms with van der Waals surface area (Å²) in [6, 6.07) is 8.05. The van der Waals surface area contributed by atoms with Gasteiger partial charge in [0.1, 0.15) is 5.54 Å². The second-order valence-corrected chi connectivity index (χ2v) is 4.89. The second kappa shape index (κ2) is 6.43. The molecule has 1 amide bonds. The minimum absolute atomic E-state index is 0.265. The number of primary amides is 1. The fourth-order valence-corrected chi connectivity index (χ4v) is 2.08. The smallest absolute Gasteiger partial charge is 0.243 e. The highest BCUT2D eigenvalue weighted by Crippen LogP contribution is 2.24. The molecule has 0 aromatic heterocycles. The Morgan fingerprint density at radius 3 is 2.33 bits per heavy atom. The monoisotopic (exact) mass is 248 g/mol. The molecule has 3 nitrogen and oxygen atoms in total. The Hall–Kier alpha value is -1.51. The summed E-state index contributed by atoms with van der Waals surface area (Å²) in [5, 5.41) is 3.33. The highest BCUT2D eigenvalue weighted by molar-refractivity contribution is 5.87. The van der Waals surface area contributed by atoms with Crippen LogP contribution in [0.1, 0.15) is 45.1 Å². The van der Waals surface area contributed by atoms with Crippen LogP contribution in [0.25, 0.3) is 0 Å². The van der Waals surface area contributed by atoms with E-state index < -0.39 is 5.54 Å². The lowest BCUT2D eigenvalue weighted by molar-refractivity contribution is -0.122. The maximum absolute atomic E-state index is 11.8. The van der Waals surface area contributed by atoms with Crippen LogP contribution >= 0.6 is 0 Å². The van der Waals surface area contributed by atoms with E-state index in [1.807, 2.05) is 38.1 Å². The van der Waals surface area contributed by atoms with Crippen LogP contribution in [0.3, 0.4) is 0 Å². The molecule has 1 rings (SSSR count). The maximum atomic E-state index is 11.8. The third-order valence-corrected chi connectivity index (χ3v) is 3.47. The first-order valence-electron chi connectivity index (χ1n) is 6.69. The van der Waals surface area contributed by atoms with Crippen LogP contribution < -0.4 is 11.1 Å². The van der Waals surface area contributed by atoms with Crippen molar-refractivity contribution < 1.29 is 4.79 Å². The molecule has 0 aliphatic rings. The van der Waals surface area contributed by atoms with Gasteiger partial charge in [0.2, 0.25) is 5.91 Å². The number of amides is 1. The van der Waals surface area contributed by atoms with Crippen LogP contribution in [0.5, 0.6) is 0 Å². The molecule has 1 aromatic rings. The van der Waals surface area contributed by atoms with Gasteiger partial charge in [-0.25, -0.2) is 0 Å². The number of rotatable bonds is 7. The average Bonchev–Trinajstić information content (AvgIpc) is 2.36. The Kier molecular flexibility index (Phi) is 5.20. The molecule has 0 saturated heterocycles. The van der Waals surface area contributed by atoms with Crippen LogP contribution in [-0.2, 0) is 4.79 Å². The van der Waals surface area contributed by atoms with Crippen molar-refractivity contribution in [3.8, 4) is 0 Å². The fraction of sp³-hybridized carbons (Fsp3) is 0.533. The molecule has 18 heavy (non-hydrogen) atoms. The highest BCUT2D eigenvalue weighted by atomic mass is 16.1. The molecule has 1 atom stereocenters. The number of carbonyl (C=O) groups excluding carboxylic acids is 1. The number of anilines is 1. The minimum Gasteiger partial charge on any atom is -0.371 e. The van der Waals surface area contributed by atoms with E-state index in [2.05, 4.69) is 12.2 Å². The largest absolute Gasteiger partial charge is 0.371 e. The summed E-state index contributed by atoms with van der Waals surface area (Å²) in [5.41, 5.74) is 7.14. The van der Waals surface area contributed by atoms with E-state index in [-0.39, 0.29) is 5.91 Å². The number of nitrogens with one attached hydrogen (secondary N) is 1. The molecule has 3 heteroatoms. The van der Waals surface area contributed by atoms with Crippen LogP contribution in [-0.4, -0.2) is 11.4 Å². The number of hydrogen-bond acceptors (Lipinski definition) is 2. The molecule has 0 aliphatic heterocycles. The van der Waals surface area contributed by atoms with Crippen LogP contribution in [0.15, 0.2) is 24.3 Å². The molecular weight excluding hydrogens is 224 g/mol. The molecule has 100 valence electrons. The first-order chi connectivity index (χ1) is 8.54. The number of unbranched alkanes of at least 4 members (excludes halogenated alkanes) is 1. The number of benzene rings is 1. The number of aryl methyl sites for hydroxylation is 1. The lowest BCUT2D eigenvalue weighted by Gasteiger charge is -2.31. The normalized spacial score (nSPS) is 13.9. The minimum atomic E-state index is -0.620. The SMILES string of the molecule is CCCCC(CC)(Nc1ccc(C)cc1)C(N)=O. The predicted octanol–water partition coefficient (Wildman–Crippen LogP) is 3.23. The third kappa shape index (κ3) is 3.49. The lowest BCUT2D eigenvalue weighted by atomic mass is 9.88. The summed E-state index contributed by atoms with van der Waals surface area (Å²) in [4.78, 5) is 11.8. The van der Waals surface area contributed by atoms with Gasteiger partial charge in [-0.2, -0.15) is 0 Å². The Labute approximate surface area is 110 Å². The van der Waals surface area contributed by atoms with Gasteiger partial charge in [-0.15, -0.1) is 0 Å². The van der Waals surface area contributed by atoms with Gasteiger partial charge in [-0.3, -0.25) is 4.79 Å². The zero-order valence-corrected chi connectivity index (χ0v) is 11.6. The van der Waals surface area contributed by atoms with Gasteiger partial charge in [-0.1, -0.05) is 44.4 Å². The van der Waals surface area contributed by atoms with E-state index in [1.54, 1.807) is 0 Å². The molecule has 0 heterocycles. The molecule has 1 unspecified atom stereocenters. The van der Waals surface area contributed by atoms with E-state index in [0.29, 0.717) is 6.42 Å². The van der Waals surface area contributed by atoms with Crippen LogP contribution in [0.2, 0.25) is 0 Å². The van der Waals surface area contributed by atoms with Crippen molar-refractivity contribution in [1.29, 1.82) is 0 Å². The fourth-order valence-electron chi connectivity index (χ4n) is 2.08. The van der Waals surface area contributed by atoms with Gasteiger partial charge >= 0.3 is 0 Å². The first-order valence-corrected chi connectivity index (χ1v) is 6.69. The molecular formula is C15H24N2O. The average molecular weight is 248 g/mol. The van der Waals surface area contributed by atoms with Gasteiger partial charge in [-0.05, 0) is 31.9 Å². The topological polar surface area (TPSA) is 55.1 Å². The van der Waals surface area contributed by atoms with Gasteiger partial charge in [0.15, 0.2) is 0 Å². The maximum Gasteiger partial charge on any atom is 0.243 e. The molecule has 0 radical (unpaired) electrons. The third-order valence-electron chi connectivity index (χ3n) is 3.47. The molecule has 0 bridgehead atoms. The summed E-state index contributed by atoms with van der Waals surface area (Å²) in [6.45, 7) is 6.16. The quantitative estimate of drug-likeness (QED) is 0.778. The Balaban J connectivity index is 2.89. The number of hydrogen-bond donors (Lipinski definition) is 2. The molecule has 0 aliphatic carbocycles. The van der Waals surface area contributed by atoms with Crippen LogP contribution in [0.4, 0.5) is 5.69 Å². The standard InChI is InChI=1S/C15H24N2O/c1-4-6-11-15(5-2,14(16)18)17-13-9-7-12(3)8-10-13/h7-10,17H,4-6,11H2,1-3H3,(H2,16,18). The molecule has 3 N–H and O–H groups in total. The van der Waals surface area contributed by atoms with Crippen molar-refractivity contribution in [3.63, 3.8) is 0 Å². The Morgan fingerprint density at radius 1 is 1.28 bits per heavy atom. The van der Waals surface area contributed by atoms with Gasteiger partial charge in [0.25, 0.3) is 0 Å². The number of nitrogens with two attached hydrogens (primary N) is 1. The molecule has 1 aromatic carbocycles. The Morgan fingerprint density at radius 2 is 1.89 bits per heavy atom. The van der Waals surface area contributed by atoms with E-state index in [1.165, 1.54) is 5.56 Å². The lowest BCUT2D eigenvalue weighted by Crippen LogP contribution is -2.50. The zero-order chi connectivity index (χ0) is 13.6. The van der Waals surface area contributed by atoms with Crippen molar-refractivity contribution >= 4 is 11.6 Å². The van der Waals surface area contributed by atoms with E-state index in [4.69, 9.17) is 5.73 Å². The predicted molar refractivity (Wildman–Crippen MR) is 76.5 cm³/mol. The van der Waals surface area contributed by atoms with Crippen LogP contribution in [0, 0.1) is 6.92 Å². The van der Waals surface area contributed by atoms with Crippen molar-refractivity contribution in [2.24, 2.45) is 5.73 Å². The van der Waals surface area contributed by atoms with Crippen molar-refractivity contribution in [2.45, 2.75) is 52.0 Å². The summed E-state index contributed by atoms with van der Waals surface area (Å²) >= 11 is 0. The summed E-state index contributed by atoms with van der Waals surface area (Å²) in [6.07, 6.45) is 3.54. The van der Waals surface area contributed by atoms with Crippen molar-refractivity contribution in [2.75, 3.05) is 5.32 Å². The number of carbonyl (C=O) groups is 1. The zero-order valence-electron chi connectivity index (χ0n) is 11.6. The van der Waals surface area contributed by atoms with Crippen molar-refractivity contribution in [1.82, 2.24) is 0 Å². The van der Waals surface area contributed by atoms with Gasteiger partial charge in [0, 0.05) is 5.69 Å². The first kappa shape index (κ1) is 14.6. The van der Waals surface area contributed by atoms with E-state index >= 15 is 0 Å². The summed E-state index contributed by atoms with van der Waals surface area (Å²) in [5.74, 6) is -0.265. The van der Waals surface area contributed by atoms with Gasteiger partial charge in [0.05, 0.1) is 0 Å². The van der Waals surface area contributed by atoms with E-state index in [9.17, 15) is 4.79 Å². The molecule has 0 spiro atoms. The van der Waals surface area contributed by atoms with Gasteiger partial charge < -0.3 is 11.1 Å². The van der Waals surface area contributed by atoms with E-state index in [0.717, 1.165) is 24.9 Å². The molecule has 0 saturated carbocycles. The molecule has 0 fully saturated rings.